The van der Waals surface area contributed by atoms with E-state index in [1.165, 1.54) is 4.57 Å². The number of carbonyl (C=O) groups is 1. The number of likely N-dealkylation sites (tertiary alicyclic amines) is 1. The van der Waals surface area contributed by atoms with Gasteiger partial charge in [0, 0.05) is 52.4 Å². The van der Waals surface area contributed by atoms with Crippen molar-refractivity contribution < 1.29 is 9.53 Å². The lowest BCUT2D eigenvalue weighted by Crippen LogP contribution is -2.42. The Kier molecular flexibility index (Phi) is 5.13. The molecule has 29 heavy (non-hydrogen) atoms. The topological polar surface area (TPSA) is 56.5 Å². The van der Waals surface area contributed by atoms with Gasteiger partial charge in [0.05, 0.1) is 21.5 Å². The zero-order valence-electron chi connectivity index (χ0n) is 16.8. The average molecular weight is 414 g/mol. The molecule has 1 amide bonds. The van der Waals surface area contributed by atoms with Crippen molar-refractivity contribution in [2.75, 3.05) is 13.1 Å². The minimum absolute atomic E-state index is 0.0154. The van der Waals surface area contributed by atoms with E-state index in [1.54, 1.807) is 25.5 Å². The van der Waals surface area contributed by atoms with Crippen LogP contribution in [-0.2, 0) is 14.1 Å². The predicted molar refractivity (Wildman–Crippen MR) is 114 cm³/mol. The van der Waals surface area contributed by atoms with Crippen molar-refractivity contribution in [1.82, 2.24) is 14.0 Å². The number of nitrogens with zero attached hydrogens (tertiary/aromatic N) is 3. The van der Waals surface area contributed by atoms with Gasteiger partial charge >= 0.3 is 0 Å². The van der Waals surface area contributed by atoms with Crippen molar-refractivity contribution in [3.05, 3.63) is 63.2 Å². The number of piperidine rings is 1. The molecule has 1 aliphatic heterocycles. The minimum Gasteiger partial charge on any atom is -0.489 e. The molecule has 1 fully saturated rings. The van der Waals surface area contributed by atoms with Gasteiger partial charge in [0.1, 0.15) is 11.9 Å². The van der Waals surface area contributed by atoms with Crippen LogP contribution in [0.15, 0.2) is 41.5 Å². The van der Waals surface area contributed by atoms with Gasteiger partial charge in [-0.05, 0) is 24.6 Å². The third-order valence-electron chi connectivity index (χ3n) is 5.57. The molecule has 0 unspecified atom stereocenters. The summed E-state index contributed by atoms with van der Waals surface area (Å²) in [6.07, 6.45) is 5.03. The Balaban J connectivity index is 1.54. The second-order valence-corrected chi connectivity index (χ2v) is 8.05. The molecule has 1 aliphatic rings. The van der Waals surface area contributed by atoms with Crippen LogP contribution >= 0.6 is 11.6 Å². The first kappa shape index (κ1) is 19.6. The third-order valence-corrected chi connectivity index (χ3v) is 5.88. The molecule has 7 heteroatoms. The predicted octanol–water partition coefficient (Wildman–Crippen LogP) is 3.52. The number of amides is 1. The van der Waals surface area contributed by atoms with Gasteiger partial charge in [-0.3, -0.25) is 9.59 Å². The number of hydrogen-bond acceptors (Lipinski definition) is 3. The van der Waals surface area contributed by atoms with E-state index in [1.807, 2.05) is 41.6 Å². The number of fused-ring (bicyclic) bond motifs is 1. The summed E-state index contributed by atoms with van der Waals surface area (Å²) >= 11 is 6.18. The number of aromatic nitrogens is 2. The SMILES string of the molecule is Cc1cn(C)c(=O)c2c(C(=O)N3CCC(Oc4ccccc4Cl)CC3)cn(C)c12. The number of ether oxygens (including phenoxy) is 1. The lowest BCUT2D eigenvalue weighted by Gasteiger charge is -2.32. The number of para-hydroxylation sites is 1. The molecule has 1 aromatic carbocycles. The fourth-order valence-corrected chi connectivity index (χ4v) is 4.31. The molecule has 0 aliphatic carbocycles. The summed E-state index contributed by atoms with van der Waals surface area (Å²) in [5.74, 6) is 0.571. The van der Waals surface area contributed by atoms with E-state index in [4.69, 9.17) is 16.3 Å². The molecule has 3 heterocycles. The number of carbonyl (C=O) groups excluding carboxylic acids is 1. The van der Waals surface area contributed by atoms with E-state index in [-0.39, 0.29) is 17.6 Å². The van der Waals surface area contributed by atoms with E-state index in [0.29, 0.717) is 34.8 Å². The smallest absolute Gasteiger partial charge is 0.260 e. The van der Waals surface area contributed by atoms with Gasteiger partial charge in [0.25, 0.3) is 11.5 Å². The van der Waals surface area contributed by atoms with E-state index >= 15 is 0 Å². The number of aryl methyl sites for hydroxylation is 3. The Labute approximate surface area is 174 Å². The van der Waals surface area contributed by atoms with E-state index in [2.05, 4.69) is 0 Å². The highest BCUT2D eigenvalue weighted by atomic mass is 35.5. The molecule has 152 valence electrons. The van der Waals surface area contributed by atoms with Crippen molar-refractivity contribution in [2.45, 2.75) is 25.9 Å². The first-order valence-electron chi connectivity index (χ1n) is 9.72. The van der Waals surface area contributed by atoms with Gasteiger partial charge in [0.15, 0.2) is 0 Å². The van der Waals surface area contributed by atoms with Gasteiger partial charge in [-0.2, -0.15) is 0 Å². The zero-order chi connectivity index (χ0) is 20.7. The quantitative estimate of drug-likeness (QED) is 0.660. The summed E-state index contributed by atoms with van der Waals surface area (Å²) in [4.78, 5) is 27.8. The van der Waals surface area contributed by atoms with Crippen LogP contribution in [0.5, 0.6) is 5.75 Å². The summed E-state index contributed by atoms with van der Waals surface area (Å²) in [7, 11) is 3.59. The van der Waals surface area contributed by atoms with E-state index in [9.17, 15) is 9.59 Å². The highest BCUT2D eigenvalue weighted by Gasteiger charge is 2.28. The summed E-state index contributed by atoms with van der Waals surface area (Å²) in [5, 5.41) is 1.09. The Morgan fingerprint density at radius 3 is 2.48 bits per heavy atom. The van der Waals surface area contributed by atoms with Crippen molar-refractivity contribution in [3.8, 4) is 5.75 Å². The highest BCUT2D eigenvalue weighted by molar-refractivity contribution is 6.32. The van der Waals surface area contributed by atoms with Gasteiger partial charge < -0.3 is 18.8 Å². The molecule has 0 atom stereocenters. The van der Waals surface area contributed by atoms with Crippen LogP contribution in [0.3, 0.4) is 0 Å². The maximum atomic E-state index is 13.2. The number of halogens is 1. The molecular weight excluding hydrogens is 390 g/mol. The van der Waals surface area contributed by atoms with Crippen molar-refractivity contribution in [1.29, 1.82) is 0 Å². The maximum absolute atomic E-state index is 13.2. The van der Waals surface area contributed by atoms with Crippen LogP contribution in [0, 0.1) is 6.92 Å². The van der Waals surface area contributed by atoms with Crippen LogP contribution < -0.4 is 10.3 Å². The summed E-state index contributed by atoms with van der Waals surface area (Å²) in [5.41, 5.74) is 2.10. The highest BCUT2D eigenvalue weighted by Crippen LogP contribution is 2.28. The molecule has 0 N–H and O–H groups in total. The van der Waals surface area contributed by atoms with Crippen LogP contribution in [0.25, 0.3) is 10.9 Å². The zero-order valence-corrected chi connectivity index (χ0v) is 17.6. The van der Waals surface area contributed by atoms with Gasteiger partial charge in [0.2, 0.25) is 0 Å². The normalized spacial score (nSPS) is 15.1. The maximum Gasteiger partial charge on any atom is 0.260 e. The number of benzene rings is 1. The van der Waals surface area contributed by atoms with Crippen LogP contribution in [0.2, 0.25) is 5.02 Å². The molecular formula is C22H24ClN3O3. The lowest BCUT2D eigenvalue weighted by atomic mass is 10.1. The fraction of sp³-hybridized carbons (Fsp3) is 0.364. The summed E-state index contributed by atoms with van der Waals surface area (Å²) in [6, 6.07) is 7.42. The van der Waals surface area contributed by atoms with E-state index in [0.717, 1.165) is 23.9 Å². The largest absolute Gasteiger partial charge is 0.489 e. The second kappa shape index (κ2) is 7.59. The standard InChI is InChI=1S/C22H24ClN3O3/c1-14-12-25(3)22(28)19-16(13-24(2)20(14)19)21(27)26-10-8-15(9-11-26)29-18-7-5-4-6-17(18)23/h4-7,12-13,15H,8-11H2,1-3H3. The van der Waals surface area contributed by atoms with Crippen LogP contribution in [0.1, 0.15) is 28.8 Å². The molecule has 3 aromatic rings. The fourth-order valence-electron chi connectivity index (χ4n) is 4.13. The summed E-state index contributed by atoms with van der Waals surface area (Å²) < 4.78 is 9.42. The number of rotatable bonds is 3. The first-order valence-corrected chi connectivity index (χ1v) is 10.1. The van der Waals surface area contributed by atoms with Crippen molar-refractivity contribution in [3.63, 3.8) is 0 Å². The molecule has 0 radical (unpaired) electrons. The van der Waals surface area contributed by atoms with Crippen LogP contribution in [0.4, 0.5) is 0 Å². The third kappa shape index (κ3) is 3.53. The second-order valence-electron chi connectivity index (χ2n) is 7.65. The molecule has 2 aromatic heterocycles. The Hall–Kier alpha value is -2.73. The van der Waals surface area contributed by atoms with Crippen molar-refractivity contribution >= 4 is 28.4 Å². The molecule has 1 saturated heterocycles. The van der Waals surface area contributed by atoms with Gasteiger partial charge in [-0.1, -0.05) is 23.7 Å². The van der Waals surface area contributed by atoms with Gasteiger partial charge in [-0.25, -0.2) is 0 Å². The van der Waals surface area contributed by atoms with Crippen LogP contribution in [-0.4, -0.2) is 39.1 Å². The molecule has 0 saturated carbocycles. The summed E-state index contributed by atoms with van der Waals surface area (Å²) in [6.45, 7) is 3.11. The number of hydrogen-bond donors (Lipinski definition) is 0. The Morgan fingerprint density at radius 1 is 1.10 bits per heavy atom. The molecule has 4 rings (SSSR count). The average Bonchev–Trinajstić information content (AvgIpc) is 3.06. The lowest BCUT2D eigenvalue weighted by molar-refractivity contribution is 0.0597. The molecule has 0 spiro atoms. The van der Waals surface area contributed by atoms with E-state index < -0.39 is 0 Å². The minimum atomic E-state index is -0.147. The Bertz CT molecular complexity index is 1140. The molecule has 6 nitrogen and oxygen atoms in total. The number of pyridine rings is 1. The Morgan fingerprint density at radius 2 is 1.79 bits per heavy atom. The monoisotopic (exact) mass is 413 g/mol. The first-order chi connectivity index (χ1) is 13.9. The van der Waals surface area contributed by atoms with Crippen molar-refractivity contribution in [2.24, 2.45) is 14.1 Å². The molecule has 0 bridgehead atoms. The van der Waals surface area contributed by atoms with Gasteiger partial charge in [-0.15, -0.1) is 0 Å².